The highest BCUT2D eigenvalue weighted by Gasteiger charge is 2.39. The summed E-state index contributed by atoms with van der Waals surface area (Å²) in [5.41, 5.74) is 11.8. The summed E-state index contributed by atoms with van der Waals surface area (Å²) in [5, 5.41) is 0. The smallest absolute Gasteiger partial charge is 0.140 e. The number of hydrogen-bond acceptors (Lipinski definition) is 3. The zero-order chi connectivity index (χ0) is 20.6. The lowest BCUT2D eigenvalue weighted by atomic mass is 9.85. The minimum Gasteiger partial charge on any atom is -0.484 e. The molecule has 2 aliphatic rings. The van der Waals surface area contributed by atoms with Crippen LogP contribution in [0.5, 0.6) is 5.75 Å². The van der Waals surface area contributed by atoms with Crippen LogP contribution >= 0.6 is 0 Å². The maximum absolute atomic E-state index is 6.88. The van der Waals surface area contributed by atoms with Gasteiger partial charge in [-0.1, -0.05) is 64.1 Å². The van der Waals surface area contributed by atoms with E-state index in [1.54, 1.807) is 0 Å². The van der Waals surface area contributed by atoms with E-state index in [4.69, 9.17) is 10.5 Å². The van der Waals surface area contributed by atoms with Crippen LogP contribution in [0.3, 0.4) is 0 Å². The molecule has 0 bridgehead atoms. The third-order valence-electron chi connectivity index (χ3n) is 6.61. The van der Waals surface area contributed by atoms with Crippen molar-refractivity contribution in [3.05, 3.63) is 64.7 Å². The van der Waals surface area contributed by atoms with Crippen molar-refractivity contribution < 1.29 is 4.74 Å². The zero-order valence-electron chi connectivity index (χ0n) is 18.4. The average molecular weight is 393 g/mol. The lowest BCUT2D eigenvalue weighted by molar-refractivity contribution is 0.0582. The number of aryl methyl sites for hydroxylation is 1. The quantitative estimate of drug-likeness (QED) is 0.794. The minimum absolute atomic E-state index is 0.0433. The molecule has 1 aliphatic carbocycles. The Morgan fingerprint density at radius 3 is 2.66 bits per heavy atom. The fourth-order valence-electron chi connectivity index (χ4n) is 4.96. The third-order valence-corrected chi connectivity index (χ3v) is 6.61. The molecular formula is C26H36N2O. The van der Waals surface area contributed by atoms with Crippen LogP contribution in [0.25, 0.3) is 0 Å². The summed E-state index contributed by atoms with van der Waals surface area (Å²) in [7, 11) is 0. The van der Waals surface area contributed by atoms with Crippen molar-refractivity contribution in [3.8, 4) is 5.75 Å². The van der Waals surface area contributed by atoms with Crippen molar-refractivity contribution in [2.24, 2.45) is 5.73 Å². The molecule has 1 fully saturated rings. The molecule has 1 aliphatic heterocycles. The van der Waals surface area contributed by atoms with Crippen LogP contribution in [0.1, 0.15) is 68.9 Å². The second-order valence-corrected chi connectivity index (χ2v) is 9.84. The topological polar surface area (TPSA) is 38.5 Å². The van der Waals surface area contributed by atoms with Gasteiger partial charge in [-0.3, -0.25) is 4.90 Å². The maximum Gasteiger partial charge on any atom is 0.140 e. The molecule has 2 N–H and O–H groups in total. The number of fused-ring (bicyclic) bond motifs is 1. The van der Waals surface area contributed by atoms with Gasteiger partial charge in [0.25, 0.3) is 0 Å². The van der Waals surface area contributed by atoms with Crippen LogP contribution in [0, 0.1) is 0 Å². The summed E-state index contributed by atoms with van der Waals surface area (Å²) in [6, 6.07) is 16.2. The van der Waals surface area contributed by atoms with Crippen LogP contribution < -0.4 is 10.5 Å². The Morgan fingerprint density at radius 1 is 1.14 bits per heavy atom. The maximum atomic E-state index is 6.88. The zero-order valence-corrected chi connectivity index (χ0v) is 18.4. The van der Waals surface area contributed by atoms with Gasteiger partial charge in [0.05, 0.1) is 6.04 Å². The Kier molecular flexibility index (Phi) is 5.72. The fourth-order valence-corrected chi connectivity index (χ4v) is 4.96. The Labute approximate surface area is 176 Å². The van der Waals surface area contributed by atoms with E-state index in [0.29, 0.717) is 6.04 Å². The van der Waals surface area contributed by atoms with Gasteiger partial charge in [-0.05, 0) is 66.0 Å². The normalized spacial score (nSPS) is 25.1. The first kappa shape index (κ1) is 20.4. The lowest BCUT2D eigenvalue weighted by Crippen LogP contribution is -2.49. The molecule has 156 valence electrons. The molecule has 0 radical (unpaired) electrons. The number of hydrogen-bond donors (Lipinski definition) is 1. The van der Waals surface area contributed by atoms with Gasteiger partial charge in [-0.25, -0.2) is 0 Å². The molecule has 0 amide bonds. The van der Waals surface area contributed by atoms with E-state index in [0.717, 1.165) is 38.1 Å². The van der Waals surface area contributed by atoms with Crippen molar-refractivity contribution in [1.82, 2.24) is 4.90 Å². The molecule has 1 saturated heterocycles. The number of piperidine rings is 1. The monoisotopic (exact) mass is 392 g/mol. The van der Waals surface area contributed by atoms with Crippen molar-refractivity contribution in [3.63, 3.8) is 0 Å². The van der Waals surface area contributed by atoms with Crippen molar-refractivity contribution in [1.29, 1.82) is 0 Å². The van der Waals surface area contributed by atoms with E-state index < -0.39 is 0 Å². The fraction of sp³-hybridized carbons (Fsp3) is 0.538. The Balaban J connectivity index is 1.69. The second kappa shape index (κ2) is 8.12. The molecule has 0 spiro atoms. The number of likely N-dealkylation sites (tertiary alicyclic amines) is 1. The van der Waals surface area contributed by atoms with E-state index >= 15 is 0 Å². The predicted molar refractivity (Wildman–Crippen MR) is 121 cm³/mol. The molecule has 29 heavy (non-hydrogen) atoms. The summed E-state index contributed by atoms with van der Waals surface area (Å²) in [4.78, 5) is 2.58. The van der Waals surface area contributed by atoms with Gasteiger partial charge < -0.3 is 10.5 Å². The summed E-state index contributed by atoms with van der Waals surface area (Å²) in [6.45, 7) is 11.1. The Bertz CT molecular complexity index is 854. The van der Waals surface area contributed by atoms with Gasteiger partial charge in [-0.2, -0.15) is 0 Å². The van der Waals surface area contributed by atoms with Crippen LogP contribution in [-0.4, -0.2) is 30.1 Å². The molecule has 0 saturated carbocycles. The summed E-state index contributed by atoms with van der Waals surface area (Å²) < 4.78 is 6.88. The lowest BCUT2D eigenvalue weighted by Gasteiger charge is -2.38. The number of benzene rings is 2. The predicted octanol–water partition coefficient (Wildman–Crippen LogP) is 5.01. The molecule has 3 atom stereocenters. The second-order valence-electron chi connectivity index (χ2n) is 9.84. The number of nitrogens with zero attached hydrogens (tertiary/aromatic N) is 1. The highest BCUT2D eigenvalue weighted by atomic mass is 16.5. The van der Waals surface area contributed by atoms with Gasteiger partial charge in [0.15, 0.2) is 0 Å². The van der Waals surface area contributed by atoms with Crippen molar-refractivity contribution >= 4 is 0 Å². The minimum atomic E-state index is 0.0433. The third kappa shape index (κ3) is 4.22. The SMILES string of the molecule is CCc1ccc(OC2c3ccccc3CC2N2CCC[C@@H](N)C2)c(C(C)(C)C)c1. The standard InChI is InChI=1S/C26H36N2O/c1-5-18-12-13-24(22(15-18)26(2,3)4)29-25-21-11-7-6-9-19(21)16-23(25)28-14-8-10-20(27)17-28/h6-7,9,11-13,15,20,23,25H,5,8,10,14,16-17,27H2,1-4H3/t20-,23?,25?/m1/s1. The van der Waals surface area contributed by atoms with E-state index in [9.17, 15) is 0 Å². The first-order valence-electron chi connectivity index (χ1n) is 11.2. The largest absolute Gasteiger partial charge is 0.484 e. The molecule has 2 aromatic rings. The molecule has 3 nitrogen and oxygen atoms in total. The first-order chi connectivity index (χ1) is 13.9. The first-order valence-corrected chi connectivity index (χ1v) is 11.2. The van der Waals surface area contributed by atoms with Gasteiger partial charge in [-0.15, -0.1) is 0 Å². The molecule has 3 heteroatoms. The summed E-state index contributed by atoms with van der Waals surface area (Å²) in [5.74, 6) is 1.03. The average Bonchev–Trinajstić information content (AvgIpc) is 3.06. The summed E-state index contributed by atoms with van der Waals surface area (Å²) in [6.07, 6.45) is 4.47. The van der Waals surface area contributed by atoms with Crippen LogP contribution in [0.15, 0.2) is 42.5 Å². The molecule has 2 aromatic carbocycles. The highest BCUT2D eigenvalue weighted by molar-refractivity contribution is 5.44. The van der Waals surface area contributed by atoms with E-state index in [1.807, 2.05) is 0 Å². The van der Waals surface area contributed by atoms with Gasteiger partial charge >= 0.3 is 0 Å². The molecule has 4 rings (SSSR count). The number of nitrogens with two attached hydrogens (primary N) is 1. The highest BCUT2D eigenvalue weighted by Crippen LogP contribution is 2.41. The van der Waals surface area contributed by atoms with Gasteiger partial charge in [0, 0.05) is 12.6 Å². The Morgan fingerprint density at radius 2 is 1.93 bits per heavy atom. The van der Waals surface area contributed by atoms with Crippen molar-refractivity contribution in [2.75, 3.05) is 13.1 Å². The van der Waals surface area contributed by atoms with Crippen molar-refractivity contribution in [2.45, 2.75) is 77.0 Å². The molecular weight excluding hydrogens is 356 g/mol. The molecule has 2 unspecified atom stereocenters. The van der Waals surface area contributed by atoms with Crippen LogP contribution in [0.4, 0.5) is 0 Å². The van der Waals surface area contributed by atoms with Gasteiger partial charge in [0.2, 0.25) is 0 Å². The number of rotatable bonds is 4. The van der Waals surface area contributed by atoms with E-state index in [2.05, 4.69) is 75.1 Å². The molecule has 0 aromatic heterocycles. The summed E-state index contributed by atoms with van der Waals surface area (Å²) >= 11 is 0. The van der Waals surface area contributed by atoms with Gasteiger partial charge in [0.1, 0.15) is 11.9 Å². The van der Waals surface area contributed by atoms with Crippen LogP contribution in [-0.2, 0) is 18.3 Å². The number of ether oxygens (including phenoxy) is 1. The van der Waals surface area contributed by atoms with E-state index in [1.165, 1.54) is 28.7 Å². The Hall–Kier alpha value is -1.84. The van der Waals surface area contributed by atoms with E-state index in [-0.39, 0.29) is 17.6 Å². The van der Waals surface area contributed by atoms with Crippen LogP contribution in [0.2, 0.25) is 0 Å². The molecule has 1 heterocycles.